The van der Waals surface area contributed by atoms with Crippen molar-refractivity contribution in [3.63, 3.8) is 0 Å². The maximum atomic E-state index is 14.0. The first kappa shape index (κ1) is 23.5. The number of rotatable bonds is 6. The molecule has 3 atom stereocenters. The largest absolute Gasteiger partial charge is 0.462 e. The first-order valence-corrected chi connectivity index (χ1v) is 12.7. The van der Waals surface area contributed by atoms with Crippen LogP contribution in [-0.4, -0.2) is 34.3 Å². The van der Waals surface area contributed by atoms with Gasteiger partial charge in [0.05, 0.1) is 23.4 Å². The molecular formula is C28H30N2O4S. The van der Waals surface area contributed by atoms with Gasteiger partial charge in [-0.15, -0.1) is 0 Å². The van der Waals surface area contributed by atoms with E-state index in [0.717, 1.165) is 31.2 Å². The van der Waals surface area contributed by atoms with Crippen molar-refractivity contribution in [2.75, 3.05) is 6.61 Å². The minimum Gasteiger partial charge on any atom is -0.462 e. The topological polar surface area (TPSA) is 81.9 Å². The van der Waals surface area contributed by atoms with Gasteiger partial charge in [-0.3, -0.25) is 4.79 Å². The lowest BCUT2D eigenvalue weighted by atomic mass is 9.76. The zero-order valence-electron chi connectivity index (χ0n) is 19.8. The molecule has 0 spiro atoms. The first-order chi connectivity index (χ1) is 17.0. The summed E-state index contributed by atoms with van der Waals surface area (Å²) in [5.41, 5.74) is 6.82. The molecule has 7 heteroatoms. The Balaban J connectivity index is 1.73. The lowest BCUT2D eigenvalue weighted by Crippen LogP contribution is -2.52. The Labute approximate surface area is 211 Å². The zero-order chi connectivity index (χ0) is 24.6. The van der Waals surface area contributed by atoms with Crippen LogP contribution in [0, 0.1) is 11.8 Å². The van der Waals surface area contributed by atoms with Gasteiger partial charge in [-0.05, 0) is 19.8 Å². The van der Waals surface area contributed by atoms with E-state index >= 15 is 0 Å². The van der Waals surface area contributed by atoms with Gasteiger partial charge < -0.3 is 20.1 Å². The quantitative estimate of drug-likeness (QED) is 0.357. The Kier molecular flexibility index (Phi) is 6.36. The highest BCUT2D eigenvalue weighted by Gasteiger charge is 2.69. The summed E-state index contributed by atoms with van der Waals surface area (Å²) in [5, 5.41) is 0. The third kappa shape index (κ3) is 3.73. The number of carbonyl (C=O) groups excluding carboxylic acids is 2. The van der Waals surface area contributed by atoms with Gasteiger partial charge in [0.2, 0.25) is 5.72 Å². The summed E-state index contributed by atoms with van der Waals surface area (Å²) in [5.74, 6) is -2.20. The smallest absolute Gasteiger partial charge is 0.339 e. The SMILES string of the molecule is CCOC(=O)C1=C(N)O[C@@]2(c3ccccc3)[C@@H]1[C@H](C(=O)c1ccccc1)C(=S)N2C1CCCCC1. The van der Waals surface area contributed by atoms with E-state index in [9.17, 15) is 9.59 Å². The molecule has 3 aliphatic rings. The van der Waals surface area contributed by atoms with Crippen LogP contribution in [0.1, 0.15) is 54.9 Å². The second kappa shape index (κ2) is 9.46. The fourth-order valence-electron chi connectivity index (χ4n) is 6.01. The molecule has 0 amide bonds. The molecule has 6 nitrogen and oxygen atoms in total. The van der Waals surface area contributed by atoms with E-state index in [1.165, 1.54) is 6.42 Å². The van der Waals surface area contributed by atoms with Gasteiger partial charge in [0, 0.05) is 17.2 Å². The minimum atomic E-state index is -1.18. The molecule has 2 N–H and O–H groups in total. The molecule has 0 bridgehead atoms. The highest BCUT2D eigenvalue weighted by Crippen LogP contribution is 2.59. The van der Waals surface area contributed by atoms with Gasteiger partial charge in [-0.1, -0.05) is 92.1 Å². The molecule has 2 heterocycles. The van der Waals surface area contributed by atoms with Crippen molar-refractivity contribution in [2.45, 2.75) is 50.8 Å². The van der Waals surface area contributed by atoms with Gasteiger partial charge in [-0.25, -0.2) is 4.79 Å². The molecule has 35 heavy (non-hydrogen) atoms. The standard InChI is InChI=1S/C28H30N2O4S/c1-2-33-27(32)22-23-21(24(31)18-12-6-3-7-13-18)26(35)30(20-16-10-5-11-17-20)28(23,34-25(22)29)19-14-8-4-9-15-19/h3-4,6-9,12-15,20-21,23H,2,5,10-11,16-17,29H2,1H3/t21-,23-,28+/m1/s1. The van der Waals surface area contributed by atoms with Gasteiger partial charge in [0.15, 0.2) is 11.7 Å². The molecule has 5 rings (SSSR count). The summed E-state index contributed by atoms with van der Waals surface area (Å²) in [4.78, 5) is 29.9. The Morgan fingerprint density at radius 3 is 2.31 bits per heavy atom. The maximum Gasteiger partial charge on any atom is 0.339 e. The molecule has 2 aliphatic heterocycles. The van der Waals surface area contributed by atoms with Crippen molar-refractivity contribution >= 4 is 29.0 Å². The third-order valence-electron chi connectivity index (χ3n) is 7.42. The monoisotopic (exact) mass is 490 g/mol. The van der Waals surface area contributed by atoms with Gasteiger partial charge in [0.1, 0.15) is 5.57 Å². The van der Waals surface area contributed by atoms with E-state index in [2.05, 4.69) is 4.90 Å². The highest BCUT2D eigenvalue weighted by atomic mass is 32.1. The van der Waals surface area contributed by atoms with Crippen molar-refractivity contribution in [3.05, 3.63) is 83.2 Å². The van der Waals surface area contributed by atoms with Crippen LogP contribution in [0.4, 0.5) is 0 Å². The number of carbonyl (C=O) groups is 2. The summed E-state index contributed by atoms with van der Waals surface area (Å²) < 4.78 is 11.9. The van der Waals surface area contributed by atoms with Crippen molar-refractivity contribution < 1.29 is 19.1 Å². The number of hydrogen-bond donors (Lipinski definition) is 1. The Morgan fingerprint density at radius 2 is 1.69 bits per heavy atom. The van der Waals surface area contributed by atoms with Crippen LogP contribution < -0.4 is 5.73 Å². The zero-order valence-corrected chi connectivity index (χ0v) is 20.6. The number of likely N-dealkylation sites (tertiary alicyclic amines) is 1. The number of nitrogens with zero attached hydrogens (tertiary/aromatic N) is 1. The molecule has 0 aromatic heterocycles. The molecule has 0 unspecified atom stereocenters. The second-order valence-corrected chi connectivity index (χ2v) is 9.77. The summed E-state index contributed by atoms with van der Waals surface area (Å²) in [6.45, 7) is 1.93. The van der Waals surface area contributed by atoms with Crippen LogP contribution in [-0.2, 0) is 20.0 Å². The van der Waals surface area contributed by atoms with Gasteiger partial charge in [0.25, 0.3) is 0 Å². The van der Waals surface area contributed by atoms with E-state index in [1.807, 2.05) is 48.5 Å². The summed E-state index contributed by atoms with van der Waals surface area (Å²) in [6.07, 6.45) is 5.19. The van der Waals surface area contributed by atoms with Crippen LogP contribution in [0.25, 0.3) is 0 Å². The lowest BCUT2D eigenvalue weighted by Gasteiger charge is -2.45. The fourth-order valence-corrected chi connectivity index (χ4v) is 6.54. The first-order valence-electron chi connectivity index (χ1n) is 12.3. The summed E-state index contributed by atoms with van der Waals surface area (Å²) in [6, 6.07) is 18.9. The Hall–Kier alpha value is -3.19. The molecule has 2 aromatic carbocycles. The van der Waals surface area contributed by atoms with Crippen LogP contribution in [0.5, 0.6) is 0 Å². The predicted molar refractivity (Wildman–Crippen MR) is 136 cm³/mol. The van der Waals surface area contributed by atoms with Crippen molar-refractivity contribution in [1.82, 2.24) is 4.90 Å². The molecule has 1 aliphatic carbocycles. The fraction of sp³-hybridized carbons (Fsp3) is 0.393. The Bertz CT molecular complexity index is 1160. The average molecular weight is 491 g/mol. The second-order valence-electron chi connectivity index (χ2n) is 9.35. The minimum absolute atomic E-state index is 0.00599. The van der Waals surface area contributed by atoms with E-state index in [1.54, 1.807) is 19.1 Å². The van der Waals surface area contributed by atoms with E-state index in [0.29, 0.717) is 10.6 Å². The van der Waals surface area contributed by atoms with Crippen molar-refractivity contribution in [3.8, 4) is 0 Å². The van der Waals surface area contributed by atoms with E-state index in [-0.39, 0.29) is 29.9 Å². The third-order valence-corrected chi connectivity index (χ3v) is 7.87. The predicted octanol–water partition coefficient (Wildman–Crippen LogP) is 4.69. The molecule has 1 saturated carbocycles. The number of nitrogens with two attached hydrogens (primary N) is 1. The van der Waals surface area contributed by atoms with Gasteiger partial charge in [-0.2, -0.15) is 0 Å². The molecule has 2 aromatic rings. The number of fused-ring (bicyclic) bond motifs is 1. The lowest BCUT2D eigenvalue weighted by molar-refractivity contribution is -0.140. The highest BCUT2D eigenvalue weighted by molar-refractivity contribution is 7.80. The Morgan fingerprint density at radius 1 is 1.06 bits per heavy atom. The van der Waals surface area contributed by atoms with Crippen molar-refractivity contribution in [2.24, 2.45) is 17.6 Å². The van der Waals surface area contributed by atoms with Gasteiger partial charge >= 0.3 is 5.97 Å². The van der Waals surface area contributed by atoms with E-state index < -0.39 is 23.5 Å². The van der Waals surface area contributed by atoms with Crippen LogP contribution >= 0.6 is 12.2 Å². The van der Waals surface area contributed by atoms with Crippen LogP contribution in [0.3, 0.4) is 0 Å². The van der Waals surface area contributed by atoms with Crippen LogP contribution in [0.2, 0.25) is 0 Å². The molecule has 2 fully saturated rings. The molecular weight excluding hydrogens is 460 g/mol. The number of ketones is 1. The number of thiocarbonyl (C=S) groups is 1. The summed E-state index contributed by atoms with van der Waals surface area (Å²) in [7, 11) is 0. The number of benzene rings is 2. The average Bonchev–Trinajstić information content (AvgIpc) is 3.32. The molecule has 0 radical (unpaired) electrons. The number of Topliss-reactive ketones (excluding diaryl/α,β-unsaturated/α-hetero) is 1. The summed E-state index contributed by atoms with van der Waals surface area (Å²) >= 11 is 6.10. The number of esters is 1. The molecule has 182 valence electrons. The molecule has 1 saturated heterocycles. The number of hydrogen-bond acceptors (Lipinski definition) is 6. The maximum absolute atomic E-state index is 14.0. The normalized spacial score (nSPS) is 26.4. The van der Waals surface area contributed by atoms with Crippen LogP contribution in [0.15, 0.2) is 72.1 Å². The van der Waals surface area contributed by atoms with E-state index in [4.69, 9.17) is 27.4 Å². The number of ether oxygens (including phenoxy) is 2. The van der Waals surface area contributed by atoms with Crippen molar-refractivity contribution in [1.29, 1.82) is 0 Å².